The molecule has 0 radical (unpaired) electrons. The Bertz CT molecular complexity index is 423. The van der Waals surface area contributed by atoms with Gasteiger partial charge in [-0.2, -0.15) is 0 Å². The number of carbonyl (C=O) groups is 1. The Labute approximate surface area is 120 Å². The summed E-state index contributed by atoms with van der Waals surface area (Å²) in [6, 6.07) is 0.267. The molecule has 1 heterocycles. The Morgan fingerprint density at radius 1 is 1.40 bits per heavy atom. The van der Waals surface area contributed by atoms with Crippen LogP contribution in [0.15, 0.2) is 6.33 Å². The molecule has 0 aromatic carbocycles. The monoisotopic (exact) mass is 279 g/mol. The first-order valence-electron chi connectivity index (χ1n) is 7.57. The molecule has 1 saturated carbocycles. The fraction of sp³-hybridized carbons (Fsp3) is 0.786. The van der Waals surface area contributed by atoms with Crippen molar-refractivity contribution in [3.8, 4) is 0 Å². The standard InChI is InChI=1S/C14H25N5O/c1-11(2)19-10-17-18-13(19)7-8-15-14(20)16-9-12-5-3-4-6-12/h10-12H,3-9H2,1-2H3,(H2,15,16,20). The molecule has 0 aliphatic heterocycles. The second-order valence-electron chi connectivity index (χ2n) is 5.79. The Hall–Kier alpha value is -1.59. The molecule has 2 amide bonds. The van der Waals surface area contributed by atoms with E-state index in [4.69, 9.17) is 0 Å². The first-order chi connectivity index (χ1) is 9.66. The van der Waals surface area contributed by atoms with E-state index < -0.39 is 0 Å². The fourth-order valence-corrected chi connectivity index (χ4v) is 2.68. The summed E-state index contributed by atoms with van der Waals surface area (Å²) in [7, 11) is 0. The quantitative estimate of drug-likeness (QED) is 0.835. The first kappa shape index (κ1) is 14.8. The maximum absolute atomic E-state index is 11.7. The maximum Gasteiger partial charge on any atom is 0.314 e. The van der Waals surface area contributed by atoms with Crippen molar-refractivity contribution in [2.45, 2.75) is 52.0 Å². The molecule has 20 heavy (non-hydrogen) atoms. The van der Waals surface area contributed by atoms with Crippen LogP contribution in [-0.4, -0.2) is 33.9 Å². The Morgan fingerprint density at radius 3 is 2.85 bits per heavy atom. The Balaban J connectivity index is 1.64. The third-order valence-electron chi connectivity index (χ3n) is 3.86. The zero-order chi connectivity index (χ0) is 14.4. The highest BCUT2D eigenvalue weighted by atomic mass is 16.2. The summed E-state index contributed by atoms with van der Waals surface area (Å²) in [6.07, 6.45) is 7.54. The number of carbonyl (C=O) groups excluding carboxylic acids is 1. The van der Waals surface area contributed by atoms with E-state index in [1.54, 1.807) is 6.33 Å². The molecule has 6 heteroatoms. The molecule has 1 aliphatic carbocycles. The molecule has 6 nitrogen and oxygen atoms in total. The summed E-state index contributed by atoms with van der Waals surface area (Å²) in [6.45, 7) is 5.57. The van der Waals surface area contributed by atoms with Crippen molar-refractivity contribution in [2.24, 2.45) is 5.92 Å². The van der Waals surface area contributed by atoms with Crippen LogP contribution in [0.5, 0.6) is 0 Å². The molecule has 2 N–H and O–H groups in total. The minimum Gasteiger partial charge on any atom is -0.338 e. The van der Waals surface area contributed by atoms with E-state index in [1.165, 1.54) is 25.7 Å². The van der Waals surface area contributed by atoms with E-state index in [0.29, 0.717) is 24.9 Å². The summed E-state index contributed by atoms with van der Waals surface area (Å²) in [5, 5.41) is 13.8. The van der Waals surface area contributed by atoms with Crippen LogP contribution in [0.2, 0.25) is 0 Å². The number of amides is 2. The molecule has 1 fully saturated rings. The van der Waals surface area contributed by atoms with Crippen molar-refractivity contribution >= 4 is 6.03 Å². The average Bonchev–Trinajstić information content (AvgIpc) is 3.07. The molecule has 1 aliphatic rings. The van der Waals surface area contributed by atoms with E-state index in [1.807, 2.05) is 4.57 Å². The number of urea groups is 1. The van der Waals surface area contributed by atoms with Gasteiger partial charge in [-0.3, -0.25) is 0 Å². The lowest BCUT2D eigenvalue weighted by Gasteiger charge is -2.12. The van der Waals surface area contributed by atoms with Gasteiger partial charge in [0.25, 0.3) is 0 Å². The second kappa shape index (κ2) is 7.26. The smallest absolute Gasteiger partial charge is 0.314 e. The molecule has 0 unspecified atom stereocenters. The topological polar surface area (TPSA) is 71.8 Å². The van der Waals surface area contributed by atoms with E-state index in [0.717, 1.165) is 12.4 Å². The van der Waals surface area contributed by atoms with Gasteiger partial charge in [0.1, 0.15) is 12.2 Å². The highest BCUT2D eigenvalue weighted by Gasteiger charge is 2.15. The average molecular weight is 279 g/mol. The lowest BCUT2D eigenvalue weighted by molar-refractivity contribution is 0.239. The van der Waals surface area contributed by atoms with Crippen LogP contribution in [0, 0.1) is 5.92 Å². The normalized spacial score (nSPS) is 15.8. The van der Waals surface area contributed by atoms with Crippen LogP contribution in [0.4, 0.5) is 4.79 Å². The van der Waals surface area contributed by atoms with Gasteiger partial charge in [0, 0.05) is 25.6 Å². The van der Waals surface area contributed by atoms with E-state index >= 15 is 0 Å². The van der Waals surface area contributed by atoms with Crippen molar-refractivity contribution in [3.05, 3.63) is 12.2 Å². The third kappa shape index (κ3) is 4.21. The molecule has 1 aromatic heterocycles. The zero-order valence-electron chi connectivity index (χ0n) is 12.4. The summed E-state index contributed by atoms with van der Waals surface area (Å²) in [5.74, 6) is 1.58. The van der Waals surface area contributed by atoms with Gasteiger partial charge < -0.3 is 15.2 Å². The lowest BCUT2D eigenvalue weighted by Crippen LogP contribution is -2.39. The minimum absolute atomic E-state index is 0.0764. The van der Waals surface area contributed by atoms with E-state index in [9.17, 15) is 4.79 Å². The van der Waals surface area contributed by atoms with Gasteiger partial charge in [-0.25, -0.2) is 4.79 Å². The second-order valence-corrected chi connectivity index (χ2v) is 5.79. The minimum atomic E-state index is -0.0764. The molecule has 0 atom stereocenters. The largest absolute Gasteiger partial charge is 0.338 e. The molecule has 2 rings (SSSR count). The highest BCUT2D eigenvalue weighted by Crippen LogP contribution is 2.23. The van der Waals surface area contributed by atoms with Crippen molar-refractivity contribution in [1.29, 1.82) is 0 Å². The van der Waals surface area contributed by atoms with Gasteiger partial charge >= 0.3 is 6.03 Å². The van der Waals surface area contributed by atoms with Crippen LogP contribution < -0.4 is 10.6 Å². The molecule has 1 aromatic rings. The molecule has 0 bridgehead atoms. The van der Waals surface area contributed by atoms with Gasteiger partial charge in [0.15, 0.2) is 0 Å². The molecule has 0 spiro atoms. The number of hydrogen-bond acceptors (Lipinski definition) is 3. The van der Waals surface area contributed by atoms with Crippen LogP contribution in [0.3, 0.4) is 0 Å². The number of nitrogens with zero attached hydrogens (tertiary/aromatic N) is 3. The number of nitrogens with one attached hydrogen (secondary N) is 2. The Morgan fingerprint density at radius 2 is 2.15 bits per heavy atom. The predicted octanol–water partition coefficient (Wildman–Crippen LogP) is 1.89. The summed E-state index contributed by atoms with van der Waals surface area (Å²) < 4.78 is 2.03. The lowest BCUT2D eigenvalue weighted by atomic mass is 10.1. The summed E-state index contributed by atoms with van der Waals surface area (Å²) >= 11 is 0. The van der Waals surface area contributed by atoms with Gasteiger partial charge in [0.2, 0.25) is 0 Å². The van der Waals surface area contributed by atoms with Crippen LogP contribution in [-0.2, 0) is 6.42 Å². The van der Waals surface area contributed by atoms with Gasteiger partial charge in [0.05, 0.1) is 0 Å². The molecular weight excluding hydrogens is 254 g/mol. The van der Waals surface area contributed by atoms with Crippen molar-refractivity contribution < 1.29 is 4.79 Å². The van der Waals surface area contributed by atoms with Crippen LogP contribution in [0.25, 0.3) is 0 Å². The Kier molecular flexibility index (Phi) is 5.38. The third-order valence-corrected chi connectivity index (χ3v) is 3.86. The summed E-state index contributed by atoms with van der Waals surface area (Å²) in [5.41, 5.74) is 0. The van der Waals surface area contributed by atoms with Crippen molar-refractivity contribution in [2.75, 3.05) is 13.1 Å². The van der Waals surface area contributed by atoms with E-state index in [2.05, 4.69) is 34.7 Å². The molecule has 112 valence electrons. The first-order valence-corrected chi connectivity index (χ1v) is 7.57. The molecular formula is C14H25N5O. The predicted molar refractivity (Wildman–Crippen MR) is 77.5 cm³/mol. The van der Waals surface area contributed by atoms with Crippen LogP contribution >= 0.6 is 0 Å². The number of hydrogen-bond donors (Lipinski definition) is 2. The summed E-state index contributed by atoms with van der Waals surface area (Å²) in [4.78, 5) is 11.7. The SMILES string of the molecule is CC(C)n1cnnc1CCNC(=O)NCC1CCCC1. The van der Waals surface area contributed by atoms with Crippen molar-refractivity contribution in [1.82, 2.24) is 25.4 Å². The van der Waals surface area contributed by atoms with Crippen LogP contribution in [0.1, 0.15) is 51.4 Å². The highest BCUT2D eigenvalue weighted by molar-refractivity contribution is 5.73. The fourth-order valence-electron chi connectivity index (χ4n) is 2.68. The maximum atomic E-state index is 11.7. The zero-order valence-corrected chi connectivity index (χ0v) is 12.4. The molecule has 0 saturated heterocycles. The van der Waals surface area contributed by atoms with Gasteiger partial charge in [-0.1, -0.05) is 12.8 Å². The van der Waals surface area contributed by atoms with Crippen molar-refractivity contribution in [3.63, 3.8) is 0 Å². The van der Waals surface area contributed by atoms with E-state index in [-0.39, 0.29) is 6.03 Å². The van der Waals surface area contributed by atoms with Gasteiger partial charge in [-0.05, 0) is 32.6 Å². The van der Waals surface area contributed by atoms with Gasteiger partial charge in [-0.15, -0.1) is 10.2 Å². The number of aromatic nitrogens is 3. The number of rotatable bonds is 6.